The van der Waals surface area contributed by atoms with Crippen molar-refractivity contribution in [3.63, 3.8) is 0 Å². The van der Waals surface area contributed by atoms with Crippen molar-refractivity contribution in [2.45, 2.75) is 25.3 Å². The van der Waals surface area contributed by atoms with Gasteiger partial charge in [0.25, 0.3) is 11.5 Å². The third-order valence-electron chi connectivity index (χ3n) is 5.12. The Kier molecular flexibility index (Phi) is 4.58. The summed E-state index contributed by atoms with van der Waals surface area (Å²) in [5, 5.41) is 3.35. The number of amides is 1. The molecule has 1 amide bonds. The van der Waals surface area contributed by atoms with E-state index in [-0.39, 0.29) is 17.2 Å². The van der Waals surface area contributed by atoms with E-state index < -0.39 is 5.91 Å². The zero-order valence-corrected chi connectivity index (χ0v) is 15.6. The molecule has 2 unspecified atom stereocenters. The summed E-state index contributed by atoms with van der Waals surface area (Å²) in [5.74, 6) is -0.0411. The first-order valence-corrected chi connectivity index (χ1v) is 9.29. The number of anilines is 1. The van der Waals surface area contributed by atoms with Gasteiger partial charge in [-0.2, -0.15) is 0 Å². The Bertz CT molecular complexity index is 1060. The Labute approximate surface area is 162 Å². The number of hydrogen-bond donors (Lipinski definition) is 1. The van der Waals surface area contributed by atoms with Crippen LogP contribution in [0.3, 0.4) is 0 Å². The van der Waals surface area contributed by atoms with Crippen molar-refractivity contribution in [3.8, 4) is 0 Å². The van der Waals surface area contributed by atoms with Crippen LogP contribution in [0, 0.1) is 0 Å². The predicted octanol–water partition coefficient (Wildman–Crippen LogP) is 4.85. The van der Waals surface area contributed by atoms with Gasteiger partial charge in [0.05, 0.1) is 6.04 Å². The Hall–Kier alpha value is -2.85. The number of benzene rings is 2. The smallest absolute Gasteiger partial charge is 0.263 e. The summed E-state index contributed by atoms with van der Waals surface area (Å²) in [7, 11) is 0. The van der Waals surface area contributed by atoms with E-state index in [4.69, 9.17) is 11.6 Å². The molecule has 2 atom stereocenters. The first-order valence-electron chi connectivity index (χ1n) is 8.91. The third-order valence-corrected chi connectivity index (χ3v) is 5.37. The van der Waals surface area contributed by atoms with E-state index in [1.165, 1.54) is 5.56 Å². The third kappa shape index (κ3) is 3.28. The second kappa shape index (κ2) is 7.05. The zero-order valence-electron chi connectivity index (χ0n) is 14.9. The highest BCUT2D eigenvalue weighted by Crippen LogP contribution is 2.41. The highest BCUT2D eigenvalue weighted by atomic mass is 35.5. The maximum Gasteiger partial charge on any atom is 0.263 e. The minimum absolute atomic E-state index is 0.0491. The molecule has 1 aromatic heterocycles. The number of halogens is 1. The Balaban J connectivity index is 1.67. The van der Waals surface area contributed by atoms with Crippen LogP contribution in [0.25, 0.3) is 0 Å². The summed E-state index contributed by atoms with van der Waals surface area (Å²) in [6, 6.07) is 18.3. The number of pyridine rings is 1. The summed E-state index contributed by atoms with van der Waals surface area (Å²) in [5.41, 5.74) is 2.87. The average molecular weight is 379 g/mol. The van der Waals surface area contributed by atoms with Crippen LogP contribution in [0.5, 0.6) is 0 Å². The molecule has 2 aromatic carbocycles. The van der Waals surface area contributed by atoms with Crippen molar-refractivity contribution in [2.24, 2.45) is 0 Å². The molecule has 0 saturated heterocycles. The van der Waals surface area contributed by atoms with Gasteiger partial charge in [-0.25, -0.2) is 0 Å². The molecule has 0 aliphatic heterocycles. The number of carbonyl (C=O) groups excluding carboxylic acids is 1. The minimum Gasteiger partial charge on any atom is -0.322 e. The lowest BCUT2D eigenvalue weighted by Gasteiger charge is -2.16. The monoisotopic (exact) mass is 378 g/mol. The fraction of sp³-hybridized carbons (Fsp3) is 0.182. The van der Waals surface area contributed by atoms with E-state index in [0.29, 0.717) is 16.6 Å². The number of aromatic nitrogens is 1. The minimum atomic E-state index is -0.420. The van der Waals surface area contributed by atoms with Crippen molar-refractivity contribution in [2.75, 3.05) is 5.32 Å². The quantitative estimate of drug-likeness (QED) is 0.708. The van der Waals surface area contributed by atoms with Crippen LogP contribution in [0.1, 0.15) is 46.8 Å². The van der Waals surface area contributed by atoms with Crippen molar-refractivity contribution >= 4 is 23.2 Å². The van der Waals surface area contributed by atoms with Crippen molar-refractivity contribution in [3.05, 3.63) is 98.9 Å². The molecule has 4 rings (SSSR count). The normalized spacial score (nSPS) is 18.1. The number of rotatable bonds is 3. The number of nitrogens with one attached hydrogen (secondary N) is 1. The standard InChI is InChI=1S/C22H19ClN2O2/c1-14-13-20(18-6-3-2-5-17(14)18)25-12-4-7-19(22(25)27)21(26)24-16-10-8-15(23)9-11-16/h2-12,14,20H,13H2,1H3,(H,24,26). The van der Waals surface area contributed by atoms with Gasteiger partial charge in [0.1, 0.15) is 5.56 Å². The molecular formula is C22H19ClN2O2. The van der Waals surface area contributed by atoms with E-state index in [1.54, 1.807) is 47.2 Å². The molecule has 1 heterocycles. The Morgan fingerprint density at radius 3 is 2.48 bits per heavy atom. The van der Waals surface area contributed by atoms with Crippen LogP contribution in [0.4, 0.5) is 5.69 Å². The lowest BCUT2D eigenvalue weighted by atomic mass is 10.0. The van der Waals surface area contributed by atoms with Crippen molar-refractivity contribution in [1.29, 1.82) is 0 Å². The fourth-order valence-corrected chi connectivity index (χ4v) is 3.90. The molecule has 0 radical (unpaired) electrons. The molecule has 5 heteroatoms. The average Bonchev–Trinajstić information content (AvgIpc) is 3.01. The molecule has 1 aliphatic carbocycles. The van der Waals surface area contributed by atoms with Crippen LogP contribution in [0.15, 0.2) is 71.7 Å². The first kappa shape index (κ1) is 17.6. The fourth-order valence-electron chi connectivity index (χ4n) is 3.78. The molecular weight excluding hydrogens is 360 g/mol. The van der Waals surface area contributed by atoms with E-state index in [0.717, 1.165) is 12.0 Å². The van der Waals surface area contributed by atoms with E-state index in [2.05, 4.69) is 24.4 Å². The molecule has 136 valence electrons. The Morgan fingerprint density at radius 1 is 1.04 bits per heavy atom. The van der Waals surface area contributed by atoms with Gasteiger partial charge >= 0.3 is 0 Å². The SMILES string of the molecule is CC1CC(n2cccc(C(=O)Nc3ccc(Cl)cc3)c2=O)c2ccccc21. The van der Waals surface area contributed by atoms with Gasteiger partial charge in [0, 0.05) is 16.9 Å². The van der Waals surface area contributed by atoms with Gasteiger partial charge in [-0.3, -0.25) is 9.59 Å². The molecule has 1 aliphatic rings. The van der Waals surface area contributed by atoms with Crippen LogP contribution < -0.4 is 10.9 Å². The molecule has 27 heavy (non-hydrogen) atoms. The topological polar surface area (TPSA) is 51.1 Å². The summed E-state index contributed by atoms with van der Waals surface area (Å²) < 4.78 is 1.68. The molecule has 4 nitrogen and oxygen atoms in total. The number of nitrogens with zero attached hydrogens (tertiary/aromatic N) is 1. The number of carbonyl (C=O) groups is 1. The van der Waals surface area contributed by atoms with Crippen LogP contribution >= 0.6 is 11.6 Å². The highest BCUT2D eigenvalue weighted by molar-refractivity contribution is 6.30. The molecule has 0 saturated carbocycles. The lowest BCUT2D eigenvalue weighted by Crippen LogP contribution is -2.31. The van der Waals surface area contributed by atoms with E-state index in [1.807, 2.05) is 12.1 Å². The summed E-state index contributed by atoms with van der Waals surface area (Å²) in [6.07, 6.45) is 2.61. The lowest BCUT2D eigenvalue weighted by molar-refractivity contribution is 0.102. The number of fused-ring (bicyclic) bond motifs is 1. The molecule has 3 aromatic rings. The molecule has 0 fully saturated rings. The van der Waals surface area contributed by atoms with Gasteiger partial charge in [-0.15, -0.1) is 0 Å². The Morgan fingerprint density at radius 2 is 1.74 bits per heavy atom. The summed E-state index contributed by atoms with van der Waals surface area (Å²) in [6.45, 7) is 2.17. The van der Waals surface area contributed by atoms with Gasteiger partial charge in [0.2, 0.25) is 0 Å². The van der Waals surface area contributed by atoms with Crippen LogP contribution in [-0.2, 0) is 0 Å². The largest absolute Gasteiger partial charge is 0.322 e. The maximum atomic E-state index is 13.0. The second-order valence-electron chi connectivity index (χ2n) is 6.88. The van der Waals surface area contributed by atoms with Crippen LogP contribution in [0.2, 0.25) is 5.02 Å². The predicted molar refractivity (Wildman–Crippen MR) is 108 cm³/mol. The van der Waals surface area contributed by atoms with E-state index >= 15 is 0 Å². The van der Waals surface area contributed by atoms with Crippen molar-refractivity contribution in [1.82, 2.24) is 4.57 Å². The van der Waals surface area contributed by atoms with Gasteiger partial charge in [-0.05, 0) is 59.9 Å². The molecule has 0 bridgehead atoms. The number of hydrogen-bond acceptors (Lipinski definition) is 2. The second-order valence-corrected chi connectivity index (χ2v) is 7.31. The maximum absolute atomic E-state index is 13.0. The molecule has 1 N–H and O–H groups in total. The van der Waals surface area contributed by atoms with Crippen LogP contribution in [-0.4, -0.2) is 10.5 Å². The van der Waals surface area contributed by atoms with Crippen molar-refractivity contribution < 1.29 is 4.79 Å². The molecule has 0 spiro atoms. The van der Waals surface area contributed by atoms with Gasteiger partial charge < -0.3 is 9.88 Å². The highest BCUT2D eigenvalue weighted by Gasteiger charge is 2.30. The van der Waals surface area contributed by atoms with Gasteiger partial charge in [-0.1, -0.05) is 42.8 Å². The zero-order chi connectivity index (χ0) is 19.0. The first-order chi connectivity index (χ1) is 13.0. The van der Waals surface area contributed by atoms with E-state index in [9.17, 15) is 9.59 Å². The summed E-state index contributed by atoms with van der Waals surface area (Å²) >= 11 is 5.87. The summed E-state index contributed by atoms with van der Waals surface area (Å²) in [4.78, 5) is 25.7. The van der Waals surface area contributed by atoms with Gasteiger partial charge in [0.15, 0.2) is 0 Å².